The minimum atomic E-state index is -3.97. The van der Waals surface area contributed by atoms with Gasteiger partial charge in [-0.15, -0.1) is 11.3 Å². The smallest absolute Gasteiger partial charge is 0.308 e. The molecule has 1 spiro atoms. The van der Waals surface area contributed by atoms with E-state index in [1.807, 2.05) is 0 Å². The molecule has 3 rings (SSSR count). The number of amides is 1. The van der Waals surface area contributed by atoms with Crippen LogP contribution in [0.3, 0.4) is 0 Å². The van der Waals surface area contributed by atoms with Crippen LogP contribution in [0.2, 0.25) is 0 Å². The molecular weight excluding hydrogens is 328 g/mol. The zero-order valence-electron chi connectivity index (χ0n) is 11.7. The van der Waals surface area contributed by atoms with Gasteiger partial charge in [0.25, 0.3) is 5.91 Å². The molecule has 0 aromatic carbocycles. The third-order valence-corrected chi connectivity index (χ3v) is 6.70. The third kappa shape index (κ3) is 2.33. The fourth-order valence-corrected chi connectivity index (χ4v) is 5.36. The van der Waals surface area contributed by atoms with Crippen LogP contribution in [0.1, 0.15) is 28.9 Å². The Morgan fingerprint density at radius 2 is 2.09 bits per heavy atom. The standard InChI is InChI=1S/C13H16N2O5S2/c14-22(19,20)9-2-5-21-10(9)11(16)15-6-8(12(17)18)13(7-15)3-1-4-13/h2,5,8H,1,3-4,6-7H2,(H,17,18)(H2,14,19,20). The summed E-state index contributed by atoms with van der Waals surface area (Å²) in [5, 5.41) is 16.0. The molecule has 1 atom stereocenters. The molecular formula is C13H16N2O5S2. The molecule has 2 fully saturated rings. The highest BCUT2D eigenvalue weighted by molar-refractivity contribution is 7.89. The molecule has 0 radical (unpaired) electrons. The van der Waals surface area contributed by atoms with E-state index in [9.17, 15) is 23.1 Å². The van der Waals surface area contributed by atoms with E-state index < -0.39 is 27.8 Å². The highest BCUT2D eigenvalue weighted by Gasteiger charge is 2.54. The van der Waals surface area contributed by atoms with E-state index in [2.05, 4.69) is 0 Å². The van der Waals surface area contributed by atoms with Crippen molar-refractivity contribution in [1.82, 2.24) is 4.90 Å². The number of nitrogens with two attached hydrogens (primary N) is 1. The summed E-state index contributed by atoms with van der Waals surface area (Å²) < 4.78 is 23.0. The van der Waals surface area contributed by atoms with Gasteiger partial charge >= 0.3 is 5.97 Å². The quantitative estimate of drug-likeness (QED) is 0.838. The number of thiophene rings is 1. The van der Waals surface area contributed by atoms with Gasteiger partial charge in [-0.25, -0.2) is 13.6 Å². The first-order valence-corrected chi connectivity index (χ1v) is 9.30. The predicted octanol–water partition coefficient (Wildman–Crippen LogP) is 0.722. The van der Waals surface area contributed by atoms with Crippen molar-refractivity contribution >= 4 is 33.2 Å². The van der Waals surface area contributed by atoms with E-state index in [0.29, 0.717) is 6.54 Å². The first-order valence-electron chi connectivity index (χ1n) is 6.87. The number of hydrogen-bond donors (Lipinski definition) is 2. The molecule has 1 unspecified atom stereocenters. The SMILES string of the molecule is NS(=O)(=O)c1ccsc1C(=O)N1CC(C(=O)O)C2(CCC2)C1. The zero-order chi connectivity index (χ0) is 16.1. The second-order valence-corrected chi connectivity index (χ2v) is 8.40. The number of hydrogen-bond acceptors (Lipinski definition) is 5. The normalized spacial score (nSPS) is 23.5. The number of carbonyl (C=O) groups excluding carboxylic acids is 1. The molecule has 7 nitrogen and oxygen atoms in total. The number of likely N-dealkylation sites (tertiary alicyclic amines) is 1. The van der Waals surface area contributed by atoms with Gasteiger partial charge in [0.05, 0.1) is 5.92 Å². The van der Waals surface area contributed by atoms with Crippen LogP contribution in [0.25, 0.3) is 0 Å². The third-order valence-electron chi connectivity index (χ3n) is 4.71. The van der Waals surface area contributed by atoms with E-state index in [1.54, 1.807) is 0 Å². The fourth-order valence-electron chi connectivity index (χ4n) is 3.42. The lowest BCUT2D eigenvalue weighted by atomic mass is 9.63. The monoisotopic (exact) mass is 344 g/mol. The maximum absolute atomic E-state index is 12.6. The number of carboxylic acids is 1. The largest absolute Gasteiger partial charge is 0.481 e. The topological polar surface area (TPSA) is 118 Å². The number of primary sulfonamides is 1. The van der Waals surface area contributed by atoms with Gasteiger partial charge in [-0.2, -0.15) is 0 Å². The molecule has 1 saturated heterocycles. The molecule has 120 valence electrons. The van der Waals surface area contributed by atoms with Crippen molar-refractivity contribution in [3.63, 3.8) is 0 Å². The van der Waals surface area contributed by atoms with Crippen molar-refractivity contribution in [2.75, 3.05) is 13.1 Å². The number of carboxylic acid groups (broad SMARTS) is 1. The Morgan fingerprint density at radius 1 is 1.41 bits per heavy atom. The fraction of sp³-hybridized carbons (Fsp3) is 0.538. The molecule has 22 heavy (non-hydrogen) atoms. The van der Waals surface area contributed by atoms with E-state index in [0.717, 1.165) is 30.6 Å². The Labute approximate surface area is 131 Å². The summed E-state index contributed by atoms with van der Waals surface area (Å²) >= 11 is 1.01. The second-order valence-electron chi connectivity index (χ2n) is 5.95. The summed E-state index contributed by atoms with van der Waals surface area (Å²) in [7, 11) is -3.97. The summed E-state index contributed by atoms with van der Waals surface area (Å²) in [5.74, 6) is -1.93. The first-order chi connectivity index (χ1) is 10.2. The van der Waals surface area contributed by atoms with Gasteiger partial charge in [-0.3, -0.25) is 9.59 Å². The van der Waals surface area contributed by atoms with Crippen molar-refractivity contribution in [2.45, 2.75) is 24.2 Å². The minimum Gasteiger partial charge on any atom is -0.481 e. The van der Waals surface area contributed by atoms with Crippen LogP contribution in [-0.4, -0.2) is 43.4 Å². The molecule has 1 amide bonds. The molecule has 1 saturated carbocycles. The minimum absolute atomic E-state index is 0.0583. The summed E-state index contributed by atoms with van der Waals surface area (Å²) in [6, 6.07) is 1.30. The average molecular weight is 344 g/mol. The van der Waals surface area contributed by atoms with Crippen molar-refractivity contribution in [2.24, 2.45) is 16.5 Å². The number of nitrogens with zero attached hydrogens (tertiary/aromatic N) is 1. The molecule has 1 aromatic heterocycles. The number of carbonyl (C=O) groups is 2. The average Bonchev–Trinajstić information content (AvgIpc) is 3.01. The molecule has 1 aliphatic carbocycles. The Kier molecular flexibility index (Phi) is 3.54. The van der Waals surface area contributed by atoms with Crippen molar-refractivity contribution in [3.8, 4) is 0 Å². The molecule has 0 bridgehead atoms. The van der Waals surface area contributed by atoms with E-state index in [-0.39, 0.29) is 21.7 Å². The second kappa shape index (κ2) is 5.04. The van der Waals surface area contributed by atoms with Crippen LogP contribution in [-0.2, 0) is 14.8 Å². The molecule has 2 heterocycles. The molecule has 2 aliphatic rings. The summed E-state index contributed by atoms with van der Waals surface area (Å²) in [6.45, 7) is 0.487. The summed E-state index contributed by atoms with van der Waals surface area (Å²) in [4.78, 5) is 25.4. The predicted molar refractivity (Wildman–Crippen MR) is 79.0 cm³/mol. The summed E-state index contributed by atoms with van der Waals surface area (Å²) in [6.07, 6.45) is 2.55. The van der Waals surface area contributed by atoms with Crippen molar-refractivity contribution < 1.29 is 23.1 Å². The van der Waals surface area contributed by atoms with Crippen molar-refractivity contribution in [3.05, 3.63) is 16.3 Å². The van der Waals surface area contributed by atoms with Crippen LogP contribution < -0.4 is 5.14 Å². The first kappa shape index (κ1) is 15.4. The highest BCUT2D eigenvalue weighted by Crippen LogP contribution is 2.52. The lowest BCUT2D eigenvalue weighted by Crippen LogP contribution is -2.41. The van der Waals surface area contributed by atoms with Crippen LogP contribution in [0, 0.1) is 11.3 Å². The Balaban J connectivity index is 1.89. The zero-order valence-corrected chi connectivity index (χ0v) is 13.3. The van der Waals surface area contributed by atoms with Crippen LogP contribution >= 0.6 is 11.3 Å². The van der Waals surface area contributed by atoms with E-state index in [1.165, 1.54) is 16.3 Å². The molecule has 1 aliphatic heterocycles. The van der Waals surface area contributed by atoms with Crippen LogP contribution in [0.4, 0.5) is 0 Å². The molecule has 9 heteroatoms. The lowest BCUT2D eigenvalue weighted by Gasteiger charge is -2.40. The maximum Gasteiger partial charge on any atom is 0.308 e. The van der Waals surface area contributed by atoms with Gasteiger partial charge in [0.15, 0.2) is 0 Å². The summed E-state index contributed by atoms with van der Waals surface area (Å²) in [5.41, 5.74) is -0.347. The van der Waals surface area contributed by atoms with Crippen LogP contribution in [0.5, 0.6) is 0 Å². The van der Waals surface area contributed by atoms with Gasteiger partial charge in [0, 0.05) is 18.5 Å². The van der Waals surface area contributed by atoms with E-state index >= 15 is 0 Å². The molecule has 3 N–H and O–H groups in total. The Morgan fingerprint density at radius 3 is 2.55 bits per heavy atom. The van der Waals surface area contributed by atoms with Crippen LogP contribution in [0.15, 0.2) is 16.3 Å². The number of sulfonamides is 1. The highest BCUT2D eigenvalue weighted by atomic mass is 32.2. The van der Waals surface area contributed by atoms with Gasteiger partial charge in [-0.1, -0.05) is 6.42 Å². The van der Waals surface area contributed by atoms with Gasteiger partial charge in [-0.05, 0) is 24.3 Å². The molecule has 1 aromatic rings. The van der Waals surface area contributed by atoms with Gasteiger partial charge < -0.3 is 10.0 Å². The Hall–Kier alpha value is -1.45. The van der Waals surface area contributed by atoms with E-state index in [4.69, 9.17) is 5.14 Å². The lowest BCUT2D eigenvalue weighted by molar-refractivity contribution is -0.146. The number of rotatable bonds is 3. The number of aliphatic carboxylic acids is 1. The Bertz CT molecular complexity index is 735. The van der Waals surface area contributed by atoms with Crippen molar-refractivity contribution in [1.29, 1.82) is 0 Å². The maximum atomic E-state index is 12.6. The van der Waals surface area contributed by atoms with Gasteiger partial charge in [0.1, 0.15) is 9.77 Å². The van der Waals surface area contributed by atoms with Gasteiger partial charge in [0.2, 0.25) is 10.0 Å².